The van der Waals surface area contributed by atoms with Crippen molar-refractivity contribution < 1.29 is 14.5 Å². The molecule has 1 aromatic rings. The molecular formula is C15H17N3O4S. The summed E-state index contributed by atoms with van der Waals surface area (Å²) in [7, 11) is 0. The minimum Gasteiger partial charge on any atom is -0.324 e. The molecule has 2 heterocycles. The summed E-state index contributed by atoms with van der Waals surface area (Å²) >= 11 is 1.61. The molecule has 3 rings (SSSR count). The van der Waals surface area contributed by atoms with Crippen LogP contribution in [0.4, 0.5) is 11.4 Å². The van der Waals surface area contributed by atoms with E-state index in [2.05, 4.69) is 5.32 Å². The number of hydrogen-bond donors (Lipinski definition) is 1. The van der Waals surface area contributed by atoms with Crippen LogP contribution in [0.1, 0.15) is 25.3 Å². The standard InChI is InChI=1S/C15H17N3O4S/c1-9-10(4-3-5-11(9)18(21)22)16-14(20)12-8-23-15(2)7-6-13(19)17(12)15/h3-5,12H,6-8H2,1-2H3,(H,16,20)/t12-,15+/m0/s1. The maximum absolute atomic E-state index is 12.6. The highest BCUT2D eigenvalue weighted by Gasteiger charge is 2.52. The van der Waals surface area contributed by atoms with Gasteiger partial charge in [-0.05, 0) is 26.3 Å². The fourth-order valence-electron chi connectivity index (χ4n) is 3.19. The molecule has 2 aliphatic heterocycles. The van der Waals surface area contributed by atoms with Crippen LogP contribution in [0.5, 0.6) is 0 Å². The van der Waals surface area contributed by atoms with Gasteiger partial charge in [-0.15, -0.1) is 11.8 Å². The van der Waals surface area contributed by atoms with E-state index in [1.165, 1.54) is 12.1 Å². The molecule has 7 nitrogen and oxygen atoms in total. The molecule has 0 saturated carbocycles. The zero-order valence-corrected chi connectivity index (χ0v) is 13.7. The Morgan fingerprint density at radius 3 is 2.96 bits per heavy atom. The predicted molar refractivity (Wildman–Crippen MR) is 87.2 cm³/mol. The van der Waals surface area contributed by atoms with Crippen molar-refractivity contribution in [2.24, 2.45) is 0 Å². The summed E-state index contributed by atoms with van der Waals surface area (Å²) in [6.07, 6.45) is 1.21. The Kier molecular flexibility index (Phi) is 3.79. The number of rotatable bonds is 3. The zero-order valence-electron chi connectivity index (χ0n) is 12.9. The van der Waals surface area contributed by atoms with Crippen LogP contribution in [0.3, 0.4) is 0 Å². The number of benzene rings is 1. The molecule has 8 heteroatoms. The number of anilines is 1. The Bertz CT molecular complexity index is 708. The highest BCUT2D eigenvalue weighted by Crippen LogP contribution is 2.47. The first-order valence-corrected chi connectivity index (χ1v) is 8.33. The summed E-state index contributed by atoms with van der Waals surface area (Å²) in [6, 6.07) is 4.04. The van der Waals surface area contributed by atoms with E-state index in [0.29, 0.717) is 23.4 Å². The van der Waals surface area contributed by atoms with Crippen LogP contribution >= 0.6 is 11.8 Å². The van der Waals surface area contributed by atoms with E-state index >= 15 is 0 Å². The van der Waals surface area contributed by atoms with E-state index in [4.69, 9.17) is 0 Å². The maximum atomic E-state index is 12.6. The number of carbonyl (C=O) groups is 2. The topological polar surface area (TPSA) is 92.6 Å². The van der Waals surface area contributed by atoms with Crippen LogP contribution < -0.4 is 5.32 Å². The number of carbonyl (C=O) groups excluding carboxylic acids is 2. The molecule has 2 fully saturated rings. The first-order chi connectivity index (χ1) is 10.8. The van der Waals surface area contributed by atoms with E-state index in [0.717, 1.165) is 6.42 Å². The average Bonchev–Trinajstić information content (AvgIpc) is 2.98. The summed E-state index contributed by atoms with van der Waals surface area (Å²) in [5.41, 5.74) is 0.784. The quantitative estimate of drug-likeness (QED) is 0.676. The van der Waals surface area contributed by atoms with Gasteiger partial charge in [-0.1, -0.05) is 6.07 Å². The van der Waals surface area contributed by atoms with Gasteiger partial charge in [0.25, 0.3) is 5.69 Å². The lowest BCUT2D eigenvalue weighted by Crippen LogP contribution is -2.48. The van der Waals surface area contributed by atoms with Gasteiger partial charge >= 0.3 is 0 Å². The minimum absolute atomic E-state index is 0.00610. The average molecular weight is 335 g/mol. The number of nitrogens with zero attached hydrogens (tertiary/aromatic N) is 2. The summed E-state index contributed by atoms with van der Waals surface area (Å²) in [5.74, 6) is 0.246. The normalized spacial score (nSPS) is 26.3. The van der Waals surface area contributed by atoms with Crippen LogP contribution in [-0.4, -0.2) is 38.3 Å². The van der Waals surface area contributed by atoms with Crippen molar-refractivity contribution in [1.82, 2.24) is 4.90 Å². The third-order valence-electron chi connectivity index (χ3n) is 4.51. The Morgan fingerprint density at radius 1 is 1.52 bits per heavy atom. The SMILES string of the molecule is Cc1c(NC(=O)[C@@H]2CS[C@]3(C)CCC(=O)N23)cccc1[N+](=O)[O-]. The van der Waals surface area contributed by atoms with Crippen LogP contribution in [0.15, 0.2) is 18.2 Å². The van der Waals surface area contributed by atoms with Crippen molar-refractivity contribution in [2.75, 3.05) is 11.1 Å². The fraction of sp³-hybridized carbons (Fsp3) is 0.467. The van der Waals surface area contributed by atoms with Gasteiger partial charge in [0.2, 0.25) is 11.8 Å². The summed E-state index contributed by atoms with van der Waals surface area (Å²) < 4.78 is 0. The number of amides is 2. The van der Waals surface area contributed by atoms with Crippen LogP contribution in [0.2, 0.25) is 0 Å². The smallest absolute Gasteiger partial charge is 0.274 e. The predicted octanol–water partition coefficient (Wildman–Crippen LogP) is 2.30. The minimum atomic E-state index is -0.529. The molecule has 122 valence electrons. The lowest BCUT2D eigenvalue weighted by atomic mass is 10.1. The van der Waals surface area contributed by atoms with Gasteiger partial charge in [0, 0.05) is 18.2 Å². The van der Waals surface area contributed by atoms with E-state index < -0.39 is 11.0 Å². The molecule has 2 saturated heterocycles. The summed E-state index contributed by atoms with van der Waals surface area (Å²) in [5, 5.41) is 13.7. The molecule has 2 amide bonds. The Labute approximate surface area is 137 Å². The van der Waals surface area contributed by atoms with Gasteiger partial charge in [-0.25, -0.2) is 0 Å². The molecule has 0 spiro atoms. The Morgan fingerprint density at radius 2 is 2.26 bits per heavy atom. The lowest BCUT2D eigenvalue weighted by molar-refractivity contribution is -0.385. The van der Waals surface area contributed by atoms with E-state index in [-0.39, 0.29) is 22.4 Å². The molecule has 23 heavy (non-hydrogen) atoms. The molecule has 0 aliphatic carbocycles. The van der Waals surface area contributed by atoms with Gasteiger partial charge in [0.05, 0.1) is 21.0 Å². The highest BCUT2D eigenvalue weighted by atomic mass is 32.2. The van der Waals surface area contributed by atoms with Crippen molar-refractivity contribution in [3.63, 3.8) is 0 Å². The van der Waals surface area contributed by atoms with Crippen LogP contribution in [0.25, 0.3) is 0 Å². The zero-order chi connectivity index (χ0) is 16.8. The third-order valence-corrected chi connectivity index (χ3v) is 6.01. The second-order valence-electron chi connectivity index (χ2n) is 5.96. The Balaban J connectivity index is 1.82. The number of hydrogen-bond acceptors (Lipinski definition) is 5. The number of nitro groups is 1. The number of fused-ring (bicyclic) bond motifs is 1. The van der Waals surface area contributed by atoms with Crippen molar-refractivity contribution in [1.29, 1.82) is 0 Å². The highest BCUT2D eigenvalue weighted by molar-refractivity contribution is 8.01. The third kappa shape index (κ3) is 2.56. The van der Waals surface area contributed by atoms with Crippen LogP contribution in [0, 0.1) is 17.0 Å². The van der Waals surface area contributed by atoms with E-state index in [9.17, 15) is 19.7 Å². The lowest BCUT2D eigenvalue weighted by Gasteiger charge is -2.29. The van der Waals surface area contributed by atoms with Crippen molar-refractivity contribution in [3.8, 4) is 0 Å². The first kappa shape index (κ1) is 15.8. The molecule has 0 bridgehead atoms. The molecule has 1 aromatic carbocycles. The number of nitro benzene ring substituents is 1. The molecule has 0 unspecified atom stereocenters. The monoisotopic (exact) mass is 335 g/mol. The number of thioether (sulfide) groups is 1. The molecular weight excluding hydrogens is 318 g/mol. The molecule has 2 aliphatic rings. The van der Waals surface area contributed by atoms with Gasteiger partial charge in [-0.2, -0.15) is 0 Å². The van der Waals surface area contributed by atoms with Gasteiger partial charge in [0.1, 0.15) is 6.04 Å². The fourth-order valence-corrected chi connectivity index (χ4v) is 4.62. The number of nitrogens with one attached hydrogen (secondary N) is 1. The van der Waals surface area contributed by atoms with Crippen molar-refractivity contribution in [3.05, 3.63) is 33.9 Å². The summed E-state index contributed by atoms with van der Waals surface area (Å²) in [6.45, 7) is 3.58. The first-order valence-electron chi connectivity index (χ1n) is 7.34. The largest absolute Gasteiger partial charge is 0.324 e. The molecule has 1 N–H and O–H groups in total. The maximum Gasteiger partial charge on any atom is 0.274 e. The molecule has 2 atom stereocenters. The molecule has 0 aromatic heterocycles. The van der Waals surface area contributed by atoms with Gasteiger partial charge in [0.15, 0.2) is 0 Å². The van der Waals surface area contributed by atoms with Crippen molar-refractivity contribution in [2.45, 2.75) is 37.6 Å². The van der Waals surface area contributed by atoms with E-state index in [1.54, 1.807) is 29.7 Å². The van der Waals surface area contributed by atoms with E-state index in [1.807, 2.05) is 6.92 Å². The van der Waals surface area contributed by atoms with Crippen LogP contribution in [-0.2, 0) is 9.59 Å². The Hall–Kier alpha value is -2.09. The second kappa shape index (κ2) is 5.52. The molecule has 0 radical (unpaired) electrons. The summed E-state index contributed by atoms with van der Waals surface area (Å²) in [4.78, 5) is 36.5. The second-order valence-corrected chi connectivity index (χ2v) is 7.46. The van der Waals surface area contributed by atoms with Gasteiger partial charge < -0.3 is 10.2 Å². The van der Waals surface area contributed by atoms with Crippen molar-refractivity contribution >= 4 is 35.0 Å². The van der Waals surface area contributed by atoms with Gasteiger partial charge in [-0.3, -0.25) is 19.7 Å².